The summed E-state index contributed by atoms with van der Waals surface area (Å²) in [6.07, 6.45) is 0. The molecule has 7 heteroatoms. The molecule has 1 rings (SSSR count). The van der Waals surface area contributed by atoms with Crippen LogP contribution in [0.5, 0.6) is 0 Å². The number of benzene rings is 1. The van der Waals surface area contributed by atoms with Crippen molar-refractivity contribution in [3.8, 4) is 11.8 Å². The number of hydrogen-bond donors (Lipinski definition) is 2. The second-order valence-electron chi connectivity index (χ2n) is 3.59. The molecule has 0 bridgehead atoms. The van der Waals surface area contributed by atoms with E-state index in [4.69, 9.17) is 5.11 Å². The summed E-state index contributed by atoms with van der Waals surface area (Å²) in [5.41, 5.74) is 0.0350. The maximum atomic E-state index is 13.6. The van der Waals surface area contributed by atoms with Crippen molar-refractivity contribution in [1.82, 2.24) is 9.84 Å². The lowest BCUT2D eigenvalue weighted by Gasteiger charge is -2.12. The molecule has 5 nitrogen and oxygen atoms in total. The van der Waals surface area contributed by atoms with Crippen LogP contribution in [0.1, 0.15) is 5.56 Å². The van der Waals surface area contributed by atoms with Crippen LogP contribution in [0.2, 0.25) is 0 Å². The van der Waals surface area contributed by atoms with E-state index in [9.17, 15) is 12.8 Å². The molecule has 0 saturated heterocycles. The molecule has 0 radical (unpaired) electrons. The highest BCUT2D eigenvalue weighted by Gasteiger charge is 2.16. The van der Waals surface area contributed by atoms with Gasteiger partial charge >= 0.3 is 0 Å². The number of rotatable bonds is 3. The summed E-state index contributed by atoms with van der Waals surface area (Å²) in [5, 5.41) is 9.74. The first-order valence-corrected chi connectivity index (χ1v) is 6.44. The zero-order chi connectivity index (χ0) is 13.8. The first-order valence-electron chi connectivity index (χ1n) is 4.96. The second-order valence-corrected chi connectivity index (χ2v) is 5.25. The lowest BCUT2D eigenvalue weighted by atomic mass is 10.2. The van der Waals surface area contributed by atoms with E-state index >= 15 is 0 Å². The zero-order valence-corrected chi connectivity index (χ0v) is 10.8. The largest absolute Gasteiger partial charge is 0.384 e. The van der Waals surface area contributed by atoms with Gasteiger partial charge in [-0.3, -0.25) is 0 Å². The van der Waals surface area contributed by atoms with E-state index in [2.05, 4.69) is 16.7 Å². The minimum atomic E-state index is -3.78. The predicted molar refractivity (Wildman–Crippen MR) is 64.4 cm³/mol. The molecule has 2 N–H and O–H groups in total. The minimum Gasteiger partial charge on any atom is -0.384 e. The smallest absolute Gasteiger partial charge is 0.253 e. The molecule has 98 valence electrons. The molecule has 0 aliphatic rings. The first-order chi connectivity index (χ1) is 8.36. The van der Waals surface area contributed by atoms with E-state index in [1.165, 1.54) is 31.2 Å². The quantitative estimate of drug-likeness (QED) is 0.597. The molecule has 18 heavy (non-hydrogen) atoms. The Morgan fingerprint density at radius 3 is 2.61 bits per heavy atom. The Labute approximate surface area is 105 Å². The Kier molecular flexibility index (Phi) is 4.81. The average molecular weight is 272 g/mol. The van der Waals surface area contributed by atoms with Crippen molar-refractivity contribution in [2.45, 2.75) is 4.90 Å². The van der Waals surface area contributed by atoms with Crippen molar-refractivity contribution >= 4 is 10.0 Å². The highest BCUT2D eigenvalue weighted by Crippen LogP contribution is 2.14. The van der Waals surface area contributed by atoms with E-state index in [-0.39, 0.29) is 17.1 Å². The maximum Gasteiger partial charge on any atom is 0.253 e. The Hall–Kier alpha value is -1.46. The molecule has 0 fully saturated rings. The lowest BCUT2D eigenvalue weighted by molar-refractivity contribution is 0.350. The van der Waals surface area contributed by atoms with Gasteiger partial charge in [-0.2, -0.15) is 0 Å². The summed E-state index contributed by atoms with van der Waals surface area (Å²) in [7, 11) is -0.763. The van der Waals surface area contributed by atoms with Crippen molar-refractivity contribution in [3.63, 3.8) is 0 Å². The normalized spacial score (nSPS) is 11.2. The molecule has 0 amide bonds. The summed E-state index contributed by atoms with van der Waals surface area (Å²) >= 11 is 0. The number of aliphatic hydroxyl groups excluding tert-OH is 1. The van der Waals surface area contributed by atoms with E-state index in [1.54, 1.807) is 0 Å². The van der Waals surface area contributed by atoms with Crippen LogP contribution >= 0.6 is 0 Å². The van der Waals surface area contributed by atoms with E-state index in [1.807, 2.05) is 0 Å². The number of nitrogens with zero attached hydrogens (tertiary/aromatic N) is 1. The van der Waals surface area contributed by atoms with E-state index < -0.39 is 15.8 Å². The van der Waals surface area contributed by atoms with Gasteiger partial charge in [0.2, 0.25) is 0 Å². The minimum absolute atomic E-state index is 0.0350. The van der Waals surface area contributed by atoms with Crippen LogP contribution in [-0.4, -0.2) is 39.2 Å². The van der Waals surface area contributed by atoms with Gasteiger partial charge in [-0.15, -0.1) is 4.83 Å². The number of sulfonamides is 1. The summed E-state index contributed by atoms with van der Waals surface area (Å²) < 4.78 is 37.0. The van der Waals surface area contributed by atoms with Crippen molar-refractivity contribution in [1.29, 1.82) is 0 Å². The second kappa shape index (κ2) is 5.93. The van der Waals surface area contributed by atoms with Crippen LogP contribution in [0.3, 0.4) is 0 Å². The third kappa shape index (κ3) is 3.78. The van der Waals surface area contributed by atoms with Crippen LogP contribution in [-0.2, 0) is 10.0 Å². The SMILES string of the molecule is CN(C)NS(=O)(=O)c1ccc(C#CCO)c(F)c1. The molecule has 1 aromatic carbocycles. The fourth-order valence-corrected chi connectivity index (χ4v) is 2.28. The van der Waals surface area contributed by atoms with Gasteiger partial charge in [0.15, 0.2) is 0 Å². The molecule has 0 aliphatic carbocycles. The molecular weight excluding hydrogens is 259 g/mol. The van der Waals surface area contributed by atoms with Gasteiger partial charge < -0.3 is 5.11 Å². The molecule has 0 aromatic heterocycles. The highest BCUT2D eigenvalue weighted by molar-refractivity contribution is 7.89. The molecule has 0 unspecified atom stereocenters. The third-order valence-electron chi connectivity index (χ3n) is 1.86. The van der Waals surface area contributed by atoms with Crippen LogP contribution < -0.4 is 4.83 Å². The van der Waals surface area contributed by atoms with Crippen molar-refractivity contribution < 1.29 is 17.9 Å². The predicted octanol–water partition coefficient (Wildman–Crippen LogP) is -0.0756. The zero-order valence-electron chi connectivity index (χ0n) is 9.94. The Morgan fingerprint density at radius 2 is 2.11 bits per heavy atom. The standard InChI is InChI=1S/C11H13FN2O3S/c1-14(2)13-18(16,17)10-6-5-9(4-3-7-15)11(12)8-10/h5-6,8,13,15H,7H2,1-2H3. The topological polar surface area (TPSA) is 69.6 Å². The van der Waals surface area contributed by atoms with Gasteiger partial charge in [-0.1, -0.05) is 11.8 Å². The van der Waals surface area contributed by atoms with Crippen LogP contribution in [0.15, 0.2) is 23.1 Å². The summed E-state index contributed by atoms with van der Waals surface area (Å²) in [6, 6.07) is 3.38. The monoisotopic (exact) mass is 272 g/mol. The van der Waals surface area contributed by atoms with E-state index in [0.29, 0.717) is 0 Å². The van der Waals surface area contributed by atoms with Gasteiger partial charge in [-0.05, 0) is 18.2 Å². The first kappa shape index (κ1) is 14.6. The summed E-state index contributed by atoms with van der Waals surface area (Å²) in [4.78, 5) is 2.00. The van der Waals surface area contributed by atoms with Gasteiger partial charge in [0, 0.05) is 14.1 Å². The lowest BCUT2D eigenvalue weighted by Crippen LogP contribution is -2.36. The number of aliphatic hydroxyl groups is 1. The number of hydrogen-bond acceptors (Lipinski definition) is 4. The Bertz CT molecular complexity index is 588. The molecule has 0 saturated carbocycles. The van der Waals surface area contributed by atoms with Gasteiger partial charge in [0.25, 0.3) is 10.0 Å². The maximum absolute atomic E-state index is 13.6. The molecule has 0 spiro atoms. The average Bonchev–Trinajstić information content (AvgIpc) is 2.25. The molecule has 0 aliphatic heterocycles. The fourth-order valence-electron chi connectivity index (χ4n) is 1.19. The van der Waals surface area contributed by atoms with Crippen LogP contribution in [0, 0.1) is 17.7 Å². The summed E-state index contributed by atoms with van der Waals surface area (Å²) in [6.45, 7) is -0.387. The molecule has 1 aromatic rings. The Morgan fingerprint density at radius 1 is 1.44 bits per heavy atom. The molecular formula is C11H13FN2O3S. The summed E-state index contributed by atoms with van der Waals surface area (Å²) in [5.74, 6) is 3.92. The van der Waals surface area contributed by atoms with Gasteiger partial charge in [-0.25, -0.2) is 17.8 Å². The van der Waals surface area contributed by atoms with Gasteiger partial charge in [0.1, 0.15) is 12.4 Å². The van der Waals surface area contributed by atoms with Crippen molar-refractivity contribution in [2.24, 2.45) is 0 Å². The third-order valence-corrected chi connectivity index (χ3v) is 3.34. The van der Waals surface area contributed by atoms with Crippen molar-refractivity contribution in [3.05, 3.63) is 29.6 Å². The Balaban J connectivity index is 3.12. The molecule has 0 atom stereocenters. The number of halogens is 1. The van der Waals surface area contributed by atoms with Crippen LogP contribution in [0.4, 0.5) is 4.39 Å². The van der Waals surface area contributed by atoms with Crippen LogP contribution in [0.25, 0.3) is 0 Å². The fraction of sp³-hybridized carbons (Fsp3) is 0.273. The number of nitrogens with one attached hydrogen (secondary N) is 1. The number of hydrazine groups is 1. The molecule has 0 heterocycles. The van der Waals surface area contributed by atoms with Gasteiger partial charge in [0.05, 0.1) is 10.5 Å². The van der Waals surface area contributed by atoms with E-state index in [0.717, 1.165) is 6.07 Å². The van der Waals surface area contributed by atoms with Crippen molar-refractivity contribution in [2.75, 3.05) is 20.7 Å². The highest BCUT2D eigenvalue weighted by atomic mass is 32.2.